The predicted molar refractivity (Wildman–Crippen MR) is 72.5 cm³/mol. The maximum absolute atomic E-state index is 6.24. The quantitative estimate of drug-likeness (QED) is 0.639. The Morgan fingerprint density at radius 3 is 2.50 bits per heavy atom. The lowest BCUT2D eigenvalue weighted by atomic mass is 9.59. The molecule has 1 unspecified atom stereocenters. The van der Waals surface area contributed by atoms with Crippen molar-refractivity contribution in [1.82, 2.24) is 0 Å². The average Bonchev–Trinajstić information content (AvgIpc) is 2.71. The summed E-state index contributed by atoms with van der Waals surface area (Å²) in [5.41, 5.74) is -0.385. The second kappa shape index (κ2) is 4.42. The van der Waals surface area contributed by atoms with Crippen LogP contribution in [0.15, 0.2) is 0 Å². The Kier molecular flexibility index (Phi) is 2.98. The van der Waals surface area contributed by atoms with Crippen molar-refractivity contribution in [1.29, 1.82) is 0 Å². The highest BCUT2D eigenvalue weighted by Crippen LogP contribution is 2.58. The summed E-state index contributed by atoms with van der Waals surface area (Å²) in [5, 5.41) is 0. The average molecular weight is 282 g/mol. The van der Waals surface area contributed by atoms with Crippen LogP contribution < -0.4 is 0 Å². The molecule has 4 aliphatic heterocycles. The van der Waals surface area contributed by atoms with Gasteiger partial charge in [0, 0.05) is 6.42 Å². The van der Waals surface area contributed by atoms with Gasteiger partial charge in [-0.25, -0.2) is 9.78 Å². The molecular weight excluding hydrogens is 256 g/mol. The van der Waals surface area contributed by atoms with Gasteiger partial charge in [0.25, 0.3) is 0 Å². The normalized spacial score (nSPS) is 58.6. The highest BCUT2D eigenvalue weighted by Gasteiger charge is 2.66. The zero-order valence-corrected chi connectivity index (χ0v) is 12.8. The minimum absolute atomic E-state index is 0.258. The Labute approximate surface area is 121 Å². The third-order valence-corrected chi connectivity index (χ3v) is 6.30. The summed E-state index contributed by atoms with van der Waals surface area (Å²) >= 11 is 0. The van der Waals surface area contributed by atoms with E-state index in [1.807, 2.05) is 6.92 Å². The smallest absolute Gasteiger partial charge is 0.201 e. The number of hydrogen-bond donors (Lipinski definition) is 0. The van der Waals surface area contributed by atoms with Gasteiger partial charge < -0.3 is 9.47 Å². The largest absolute Gasteiger partial charge is 0.349 e. The molecule has 0 amide bonds. The maximum atomic E-state index is 6.24. The first-order valence-corrected chi connectivity index (χ1v) is 8.21. The van der Waals surface area contributed by atoms with E-state index in [0.717, 1.165) is 25.9 Å². The molecule has 4 heterocycles. The Bertz CT molecular complexity index is 400. The highest BCUT2D eigenvalue weighted by atomic mass is 17.3. The summed E-state index contributed by atoms with van der Waals surface area (Å²) < 4.78 is 12.3. The number of fused-ring (bicyclic) bond motifs is 2. The first-order valence-electron chi connectivity index (χ1n) is 8.21. The summed E-state index contributed by atoms with van der Waals surface area (Å²) in [6.07, 6.45) is 5.32. The predicted octanol–water partition coefficient (Wildman–Crippen LogP) is 3.26. The molecule has 7 atom stereocenters. The maximum Gasteiger partial charge on any atom is 0.201 e. The summed E-state index contributed by atoms with van der Waals surface area (Å²) in [4.78, 5) is 11.9. The van der Waals surface area contributed by atoms with E-state index in [4.69, 9.17) is 19.2 Å². The summed E-state index contributed by atoms with van der Waals surface area (Å²) in [6, 6.07) is 0. The molecule has 2 bridgehead atoms. The lowest BCUT2D eigenvalue weighted by Gasteiger charge is -2.55. The molecule has 1 saturated carbocycles. The third-order valence-electron chi connectivity index (χ3n) is 6.30. The summed E-state index contributed by atoms with van der Waals surface area (Å²) in [5.74, 6) is 1.58. The lowest BCUT2D eigenvalue weighted by molar-refractivity contribution is -0.556. The zero-order chi connectivity index (χ0) is 14.0. The van der Waals surface area contributed by atoms with Crippen molar-refractivity contribution >= 4 is 0 Å². The second-order valence-corrected chi connectivity index (χ2v) is 7.55. The van der Waals surface area contributed by atoms with Crippen LogP contribution in [0.1, 0.15) is 52.9 Å². The van der Waals surface area contributed by atoms with Crippen molar-refractivity contribution in [3.63, 3.8) is 0 Å². The minimum Gasteiger partial charge on any atom is -0.349 e. The van der Waals surface area contributed by atoms with Crippen molar-refractivity contribution < 1.29 is 19.2 Å². The molecule has 0 radical (unpaired) electrons. The molecule has 4 saturated heterocycles. The molecule has 0 aromatic rings. The van der Waals surface area contributed by atoms with E-state index in [-0.39, 0.29) is 11.9 Å². The molecule has 4 nitrogen and oxygen atoms in total. The van der Waals surface area contributed by atoms with Gasteiger partial charge in [0.2, 0.25) is 5.79 Å². The van der Waals surface area contributed by atoms with Gasteiger partial charge in [-0.1, -0.05) is 13.8 Å². The van der Waals surface area contributed by atoms with E-state index in [9.17, 15) is 0 Å². The molecule has 20 heavy (non-hydrogen) atoms. The second-order valence-electron chi connectivity index (χ2n) is 7.55. The van der Waals surface area contributed by atoms with Crippen LogP contribution in [0.4, 0.5) is 0 Å². The molecule has 1 spiro atoms. The first kappa shape index (κ1) is 13.5. The number of hydrogen-bond acceptors (Lipinski definition) is 4. The van der Waals surface area contributed by atoms with E-state index in [0.29, 0.717) is 23.7 Å². The fraction of sp³-hybridized carbons (Fsp3) is 1.00. The summed E-state index contributed by atoms with van der Waals surface area (Å²) in [6.45, 7) is 7.44. The highest BCUT2D eigenvalue weighted by molar-refractivity contribution is 5.07. The van der Waals surface area contributed by atoms with Gasteiger partial charge in [-0.2, -0.15) is 0 Å². The molecule has 1 aliphatic carbocycles. The van der Waals surface area contributed by atoms with Crippen molar-refractivity contribution in [2.45, 2.75) is 70.6 Å². The van der Waals surface area contributed by atoms with Crippen LogP contribution in [0.25, 0.3) is 0 Å². The Morgan fingerprint density at radius 1 is 0.900 bits per heavy atom. The molecule has 4 heteroatoms. The molecule has 0 aromatic heterocycles. The van der Waals surface area contributed by atoms with Gasteiger partial charge >= 0.3 is 0 Å². The van der Waals surface area contributed by atoms with Gasteiger partial charge in [-0.3, -0.25) is 0 Å². The molecule has 5 fully saturated rings. The fourth-order valence-electron chi connectivity index (χ4n) is 5.08. The van der Waals surface area contributed by atoms with E-state index in [1.54, 1.807) is 0 Å². The molecule has 114 valence electrons. The standard InChI is InChI=1S/C16H26O4/c1-10-4-5-12-11(2)7-9-17-14-16(12)13(10)6-8-15(3,18-14)19-20-16/h10-14H,4-9H2,1-3H3/t10-,11?,12+,13+,14-,15-,16+/m1/s1. The fourth-order valence-corrected chi connectivity index (χ4v) is 5.08. The first-order chi connectivity index (χ1) is 9.55. The van der Waals surface area contributed by atoms with Crippen LogP contribution in [0, 0.1) is 23.7 Å². The van der Waals surface area contributed by atoms with Crippen LogP contribution in [-0.2, 0) is 19.2 Å². The molecule has 5 rings (SSSR count). The van der Waals surface area contributed by atoms with Gasteiger partial charge in [0.05, 0.1) is 6.61 Å². The minimum atomic E-state index is -0.634. The Morgan fingerprint density at radius 2 is 1.65 bits per heavy atom. The van der Waals surface area contributed by atoms with E-state index < -0.39 is 5.79 Å². The van der Waals surface area contributed by atoms with Crippen LogP contribution in [0.3, 0.4) is 0 Å². The van der Waals surface area contributed by atoms with Crippen molar-refractivity contribution in [3.05, 3.63) is 0 Å². The van der Waals surface area contributed by atoms with Crippen molar-refractivity contribution in [2.24, 2.45) is 23.7 Å². The van der Waals surface area contributed by atoms with Crippen molar-refractivity contribution in [2.75, 3.05) is 6.61 Å². The van der Waals surface area contributed by atoms with Gasteiger partial charge in [0.1, 0.15) is 0 Å². The van der Waals surface area contributed by atoms with E-state index in [2.05, 4.69) is 13.8 Å². The molecule has 5 aliphatic rings. The Balaban J connectivity index is 1.82. The monoisotopic (exact) mass is 282 g/mol. The van der Waals surface area contributed by atoms with Gasteiger partial charge in [0.15, 0.2) is 11.9 Å². The number of ether oxygens (including phenoxy) is 2. The van der Waals surface area contributed by atoms with Crippen LogP contribution >= 0.6 is 0 Å². The van der Waals surface area contributed by atoms with Gasteiger partial charge in [-0.05, 0) is 56.3 Å². The molecule has 0 N–H and O–H groups in total. The van der Waals surface area contributed by atoms with Crippen LogP contribution in [0.5, 0.6) is 0 Å². The number of rotatable bonds is 0. The molecular formula is C16H26O4. The van der Waals surface area contributed by atoms with Gasteiger partial charge in [-0.15, -0.1) is 0 Å². The zero-order valence-electron chi connectivity index (χ0n) is 12.8. The lowest BCUT2D eigenvalue weighted by Crippen LogP contribution is -2.65. The topological polar surface area (TPSA) is 36.9 Å². The third kappa shape index (κ3) is 1.68. The van der Waals surface area contributed by atoms with Crippen molar-refractivity contribution in [3.8, 4) is 0 Å². The van der Waals surface area contributed by atoms with Crippen LogP contribution in [-0.4, -0.2) is 24.3 Å². The van der Waals surface area contributed by atoms with E-state index in [1.165, 1.54) is 12.8 Å². The molecule has 0 aromatic carbocycles. The summed E-state index contributed by atoms with van der Waals surface area (Å²) in [7, 11) is 0. The van der Waals surface area contributed by atoms with Crippen LogP contribution in [0.2, 0.25) is 0 Å². The van der Waals surface area contributed by atoms with E-state index >= 15 is 0 Å². The Hall–Kier alpha value is -0.160. The SMILES string of the molecule is CC1CCO[C@@H]2O[C@@]3(C)CC[C@H]4[C@H](C)CC[C@@H]1[C@@]24OO3.